The average molecular weight is 282 g/mol. The van der Waals surface area contributed by atoms with Gasteiger partial charge in [-0.3, -0.25) is 4.79 Å². The molecule has 0 radical (unpaired) electrons. The highest BCUT2D eigenvalue weighted by Crippen LogP contribution is 2.40. The Morgan fingerprint density at radius 3 is 2.70 bits per heavy atom. The average Bonchev–Trinajstić information content (AvgIpc) is 2.83. The Balaban J connectivity index is 2.12. The first-order valence-electron chi connectivity index (χ1n) is 7.81. The van der Waals surface area contributed by atoms with E-state index in [4.69, 9.17) is 5.73 Å². The third kappa shape index (κ3) is 2.97. The van der Waals surface area contributed by atoms with E-state index in [1.807, 2.05) is 6.92 Å². The van der Waals surface area contributed by atoms with Crippen molar-refractivity contribution in [3.05, 3.63) is 0 Å². The zero-order valence-corrected chi connectivity index (χ0v) is 12.3. The maximum atomic E-state index is 12.6. The number of amides is 1. The van der Waals surface area contributed by atoms with Crippen molar-refractivity contribution in [3.8, 4) is 0 Å². The molecule has 5 nitrogen and oxygen atoms in total. The van der Waals surface area contributed by atoms with E-state index < -0.39 is 12.0 Å². The van der Waals surface area contributed by atoms with Crippen LogP contribution in [0, 0.1) is 11.8 Å². The van der Waals surface area contributed by atoms with E-state index in [0.29, 0.717) is 18.9 Å². The Morgan fingerprint density at radius 2 is 2.05 bits per heavy atom. The largest absolute Gasteiger partial charge is 0.480 e. The molecule has 1 aliphatic carbocycles. The lowest BCUT2D eigenvalue weighted by atomic mass is 9.84. The molecule has 2 aliphatic rings. The van der Waals surface area contributed by atoms with Gasteiger partial charge in [0.25, 0.3) is 0 Å². The number of nitrogens with zero attached hydrogens (tertiary/aromatic N) is 1. The highest BCUT2D eigenvalue weighted by atomic mass is 16.4. The van der Waals surface area contributed by atoms with E-state index in [9.17, 15) is 14.7 Å². The van der Waals surface area contributed by atoms with Gasteiger partial charge in [-0.2, -0.15) is 0 Å². The summed E-state index contributed by atoms with van der Waals surface area (Å²) in [6, 6.07) is -0.464. The molecule has 0 aromatic heterocycles. The van der Waals surface area contributed by atoms with Crippen molar-refractivity contribution in [3.63, 3.8) is 0 Å². The first-order valence-corrected chi connectivity index (χ1v) is 7.81. The monoisotopic (exact) mass is 282 g/mol. The molecule has 114 valence electrons. The lowest BCUT2D eigenvalue weighted by Gasteiger charge is -2.34. The second kappa shape index (κ2) is 6.57. The fraction of sp³-hybridized carbons (Fsp3) is 0.867. The normalized spacial score (nSPS) is 30.9. The molecule has 2 fully saturated rings. The molecule has 1 heterocycles. The van der Waals surface area contributed by atoms with E-state index in [1.165, 1.54) is 0 Å². The molecule has 5 heteroatoms. The number of aliphatic carboxylic acids is 1. The minimum atomic E-state index is -0.848. The number of rotatable bonds is 5. The Morgan fingerprint density at radius 1 is 1.35 bits per heavy atom. The summed E-state index contributed by atoms with van der Waals surface area (Å²) >= 11 is 0. The van der Waals surface area contributed by atoms with Gasteiger partial charge in [-0.25, -0.2) is 4.79 Å². The van der Waals surface area contributed by atoms with Crippen LogP contribution in [-0.2, 0) is 9.59 Å². The van der Waals surface area contributed by atoms with Gasteiger partial charge in [0.15, 0.2) is 0 Å². The van der Waals surface area contributed by atoms with E-state index in [2.05, 4.69) is 0 Å². The van der Waals surface area contributed by atoms with E-state index in [1.54, 1.807) is 4.90 Å². The molecule has 20 heavy (non-hydrogen) atoms. The van der Waals surface area contributed by atoms with Gasteiger partial charge in [-0.15, -0.1) is 0 Å². The van der Waals surface area contributed by atoms with Crippen LogP contribution in [0.3, 0.4) is 0 Å². The molecule has 1 saturated carbocycles. The third-order valence-electron chi connectivity index (χ3n) is 4.89. The zero-order chi connectivity index (χ0) is 14.7. The summed E-state index contributed by atoms with van der Waals surface area (Å²) in [7, 11) is 0. The van der Waals surface area contributed by atoms with Crippen LogP contribution in [0.1, 0.15) is 51.9 Å². The molecule has 0 spiro atoms. The van der Waals surface area contributed by atoms with Crippen LogP contribution in [0.4, 0.5) is 0 Å². The van der Waals surface area contributed by atoms with Crippen LogP contribution >= 0.6 is 0 Å². The Kier molecular flexibility index (Phi) is 5.02. The van der Waals surface area contributed by atoms with E-state index >= 15 is 0 Å². The Bertz CT molecular complexity index is 372. The minimum Gasteiger partial charge on any atom is -0.480 e. The standard InChI is InChI=1S/C15H26N2O3/c1-10(5-4-8-16)14(18)17-12-7-3-2-6-11(12)9-13(17)15(19)20/h10-13H,2-9,16H2,1H3,(H,19,20). The molecule has 0 aromatic rings. The van der Waals surface area contributed by atoms with Crippen molar-refractivity contribution in [1.29, 1.82) is 0 Å². The first kappa shape index (κ1) is 15.3. The quantitative estimate of drug-likeness (QED) is 0.802. The Hall–Kier alpha value is -1.10. The second-order valence-electron chi connectivity index (χ2n) is 6.28. The number of fused-ring (bicyclic) bond motifs is 1. The number of hydrogen-bond acceptors (Lipinski definition) is 3. The minimum absolute atomic E-state index is 0.0141. The number of hydrogen-bond donors (Lipinski definition) is 2. The van der Waals surface area contributed by atoms with Crippen LogP contribution < -0.4 is 5.73 Å². The lowest BCUT2D eigenvalue weighted by Crippen LogP contribution is -2.48. The van der Waals surface area contributed by atoms with Crippen LogP contribution in [0.2, 0.25) is 0 Å². The molecule has 2 rings (SSSR count). The maximum absolute atomic E-state index is 12.6. The smallest absolute Gasteiger partial charge is 0.326 e. The van der Waals surface area contributed by atoms with Gasteiger partial charge in [0.05, 0.1) is 0 Å². The first-order chi connectivity index (χ1) is 9.56. The van der Waals surface area contributed by atoms with Crippen LogP contribution in [0.25, 0.3) is 0 Å². The molecule has 1 saturated heterocycles. The van der Waals surface area contributed by atoms with E-state index in [0.717, 1.165) is 38.5 Å². The van der Waals surface area contributed by atoms with Crippen LogP contribution in [0.5, 0.6) is 0 Å². The molecule has 4 unspecified atom stereocenters. The van der Waals surface area contributed by atoms with Gasteiger partial charge in [0.1, 0.15) is 6.04 Å². The predicted molar refractivity (Wildman–Crippen MR) is 76.1 cm³/mol. The SMILES string of the molecule is CC(CCCN)C(=O)N1C(C(=O)O)CC2CCCCC21. The number of carbonyl (C=O) groups excluding carboxylic acids is 1. The predicted octanol–water partition coefficient (Wildman–Crippen LogP) is 1.61. The third-order valence-corrected chi connectivity index (χ3v) is 4.89. The number of carbonyl (C=O) groups is 2. The lowest BCUT2D eigenvalue weighted by molar-refractivity contribution is -0.151. The molecular weight excluding hydrogens is 256 g/mol. The zero-order valence-electron chi connectivity index (χ0n) is 12.3. The van der Waals surface area contributed by atoms with Gasteiger partial charge >= 0.3 is 5.97 Å². The van der Waals surface area contributed by atoms with Crippen molar-refractivity contribution in [1.82, 2.24) is 4.90 Å². The fourth-order valence-electron chi connectivity index (χ4n) is 3.80. The van der Waals surface area contributed by atoms with Crippen molar-refractivity contribution < 1.29 is 14.7 Å². The molecule has 1 amide bonds. The summed E-state index contributed by atoms with van der Waals surface area (Å²) in [5.41, 5.74) is 5.49. The molecule has 0 bridgehead atoms. The van der Waals surface area contributed by atoms with Gasteiger partial charge in [-0.05, 0) is 44.6 Å². The molecule has 3 N–H and O–H groups in total. The van der Waals surface area contributed by atoms with Crippen molar-refractivity contribution >= 4 is 11.9 Å². The van der Waals surface area contributed by atoms with Crippen LogP contribution in [0.15, 0.2) is 0 Å². The van der Waals surface area contributed by atoms with Gasteiger partial charge in [0.2, 0.25) is 5.91 Å². The number of carboxylic acid groups (broad SMARTS) is 1. The van der Waals surface area contributed by atoms with Gasteiger partial charge in [-0.1, -0.05) is 19.8 Å². The topological polar surface area (TPSA) is 83.6 Å². The van der Waals surface area contributed by atoms with Crippen LogP contribution in [-0.4, -0.2) is 40.5 Å². The maximum Gasteiger partial charge on any atom is 0.326 e. The summed E-state index contributed by atoms with van der Waals surface area (Å²) in [5.74, 6) is -0.574. The summed E-state index contributed by atoms with van der Waals surface area (Å²) < 4.78 is 0. The van der Waals surface area contributed by atoms with E-state index in [-0.39, 0.29) is 17.9 Å². The summed E-state index contributed by atoms with van der Waals surface area (Å²) in [5, 5.41) is 9.42. The molecule has 4 atom stereocenters. The van der Waals surface area contributed by atoms with Gasteiger partial charge in [0, 0.05) is 12.0 Å². The van der Waals surface area contributed by atoms with Crippen molar-refractivity contribution in [2.75, 3.05) is 6.54 Å². The number of likely N-dealkylation sites (tertiary alicyclic amines) is 1. The molecule has 1 aliphatic heterocycles. The second-order valence-corrected chi connectivity index (χ2v) is 6.28. The van der Waals surface area contributed by atoms with Crippen molar-refractivity contribution in [2.45, 2.75) is 64.0 Å². The molecule has 0 aromatic carbocycles. The van der Waals surface area contributed by atoms with Gasteiger partial charge < -0.3 is 15.7 Å². The molecular formula is C15H26N2O3. The number of carboxylic acids is 1. The number of nitrogens with two attached hydrogens (primary N) is 1. The Labute approximate surface area is 120 Å². The fourth-order valence-corrected chi connectivity index (χ4v) is 3.80. The summed E-state index contributed by atoms with van der Waals surface area (Å²) in [6.45, 7) is 2.47. The highest BCUT2D eigenvalue weighted by Gasteiger charge is 2.48. The van der Waals surface area contributed by atoms with Crippen molar-refractivity contribution in [2.24, 2.45) is 17.6 Å². The highest BCUT2D eigenvalue weighted by molar-refractivity contribution is 5.86. The summed E-state index contributed by atoms with van der Waals surface area (Å²) in [6.07, 6.45) is 6.49. The summed E-state index contributed by atoms with van der Waals surface area (Å²) in [4.78, 5) is 25.8.